The van der Waals surface area contributed by atoms with Crippen LogP contribution in [0, 0.1) is 0 Å². The van der Waals surface area contributed by atoms with Crippen molar-refractivity contribution < 1.29 is 51.8 Å². The van der Waals surface area contributed by atoms with Crippen LogP contribution in [0.5, 0.6) is 0 Å². The Morgan fingerprint density at radius 1 is 0.312 bits per heavy atom. The van der Waals surface area contributed by atoms with Gasteiger partial charge < -0.3 is 51.8 Å². The van der Waals surface area contributed by atoms with Crippen LogP contribution in [0.2, 0.25) is 0 Å². The van der Waals surface area contributed by atoms with Crippen molar-refractivity contribution in [2.45, 2.75) is 0 Å². The molecular weight excluding hydrogens is 382 g/mol. The van der Waals surface area contributed by atoms with Crippen molar-refractivity contribution >= 4 is 46.2 Å². The maximum atomic E-state index is 9.75. The van der Waals surface area contributed by atoms with Gasteiger partial charge in [-0.15, -0.1) is 0 Å². The number of hydrogen-bond acceptors (Lipinski definition) is 0. The van der Waals surface area contributed by atoms with Crippen molar-refractivity contribution in [1.29, 1.82) is 0 Å². The van der Waals surface area contributed by atoms with E-state index in [1.54, 1.807) is 0 Å². The molecular formula is B3F12Sb. The van der Waals surface area contributed by atoms with Gasteiger partial charge in [-0.25, -0.2) is 0 Å². The van der Waals surface area contributed by atoms with Gasteiger partial charge in [-0.2, -0.15) is 0 Å². The summed E-state index contributed by atoms with van der Waals surface area (Å²) in [6, 6.07) is 0. The number of hydrogen-bond donors (Lipinski definition) is 0. The first-order valence-electron chi connectivity index (χ1n) is 2.62. The normalized spacial score (nSPS) is 11.2. The summed E-state index contributed by atoms with van der Waals surface area (Å²) >= 11 is 0. The third-order valence-corrected chi connectivity index (χ3v) is 0. The van der Waals surface area contributed by atoms with E-state index in [1.807, 2.05) is 0 Å². The molecule has 16 heteroatoms. The molecule has 16 heavy (non-hydrogen) atoms. The molecule has 0 bridgehead atoms. The molecule has 0 saturated carbocycles. The predicted octanol–water partition coefficient (Wildman–Crippen LogP) is 3.52. The van der Waals surface area contributed by atoms with Gasteiger partial charge in [0, 0.05) is 0 Å². The Labute approximate surface area is 98.5 Å². The molecule has 0 spiro atoms. The van der Waals surface area contributed by atoms with E-state index in [4.69, 9.17) is 0 Å². The van der Waals surface area contributed by atoms with Gasteiger partial charge in [0.25, 0.3) is 0 Å². The molecule has 0 N–H and O–H groups in total. The van der Waals surface area contributed by atoms with Crippen LogP contribution in [0.3, 0.4) is 0 Å². The van der Waals surface area contributed by atoms with E-state index in [0.717, 1.165) is 0 Å². The molecule has 0 rings (SSSR count). The summed E-state index contributed by atoms with van der Waals surface area (Å²) in [6.45, 7) is 0. The molecule has 0 aliphatic carbocycles. The van der Waals surface area contributed by atoms with Crippen molar-refractivity contribution in [3.8, 4) is 0 Å². The first-order chi connectivity index (χ1) is 6.00. The Kier molecular flexibility index (Phi) is 14.5. The van der Waals surface area contributed by atoms with E-state index >= 15 is 0 Å². The minimum absolute atomic E-state index is 0. The van der Waals surface area contributed by atoms with E-state index < -0.39 is 21.8 Å². The van der Waals surface area contributed by atoms with E-state index in [0.29, 0.717) is 0 Å². The Morgan fingerprint density at radius 2 is 0.312 bits per heavy atom. The zero-order valence-corrected chi connectivity index (χ0v) is 9.27. The molecule has 0 aromatic heterocycles. The summed E-state index contributed by atoms with van der Waals surface area (Å²) < 4.78 is 117. The fourth-order valence-electron chi connectivity index (χ4n) is 0. The average molecular weight is 382 g/mol. The topological polar surface area (TPSA) is 0 Å². The Morgan fingerprint density at radius 3 is 0.312 bits per heavy atom. The molecule has 2 radical (unpaired) electrons. The number of rotatable bonds is 0. The standard InChI is InChI=1S/3BF4.Sb/c3*2-1(3,4)5;/q3*-1;+3. The van der Waals surface area contributed by atoms with Crippen LogP contribution in [0.1, 0.15) is 0 Å². The molecule has 0 aliphatic heterocycles. The molecule has 0 saturated heterocycles. The van der Waals surface area contributed by atoms with Crippen molar-refractivity contribution in [2.24, 2.45) is 0 Å². The first-order valence-corrected chi connectivity index (χ1v) is 2.62. The van der Waals surface area contributed by atoms with Crippen LogP contribution in [0.25, 0.3) is 0 Å². The Balaban J connectivity index is -0.0000000655. The first kappa shape index (κ1) is 25.1. The molecule has 0 amide bonds. The van der Waals surface area contributed by atoms with Gasteiger partial charge in [0.05, 0.1) is 0 Å². The monoisotopic (exact) mass is 382 g/mol. The minimum atomic E-state index is -6.00. The van der Waals surface area contributed by atoms with Gasteiger partial charge in [0.2, 0.25) is 0 Å². The van der Waals surface area contributed by atoms with Crippen LogP contribution < -0.4 is 0 Å². The molecule has 0 aromatic rings. The van der Waals surface area contributed by atoms with E-state index in [1.165, 1.54) is 0 Å². The maximum absolute atomic E-state index is 9.75. The third kappa shape index (κ3) is 82200. The summed E-state index contributed by atoms with van der Waals surface area (Å²) in [5.74, 6) is 0. The van der Waals surface area contributed by atoms with Crippen molar-refractivity contribution in [3.05, 3.63) is 0 Å². The predicted molar refractivity (Wildman–Crippen MR) is 36.3 cm³/mol. The van der Waals surface area contributed by atoms with Crippen LogP contribution in [-0.2, 0) is 0 Å². The van der Waals surface area contributed by atoms with Gasteiger partial charge >= 0.3 is 46.2 Å². The second kappa shape index (κ2) is 9.23. The molecule has 0 atom stereocenters. The zero-order chi connectivity index (χ0) is 13.5. The quantitative estimate of drug-likeness (QED) is 0.444. The molecule has 0 aromatic carbocycles. The second-order valence-electron chi connectivity index (χ2n) is 1.48. The fourth-order valence-corrected chi connectivity index (χ4v) is 0. The van der Waals surface area contributed by atoms with Crippen molar-refractivity contribution in [3.63, 3.8) is 0 Å². The largest absolute Gasteiger partial charge is 3.00 e. The summed E-state index contributed by atoms with van der Waals surface area (Å²) in [4.78, 5) is 0. The molecule has 0 unspecified atom stereocenters. The van der Waals surface area contributed by atoms with Crippen molar-refractivity contribution in [1.82, 2.24) is 0 Å². The van der Waals surface area contributed by atoms with Crippen LogP contribution >= 0.6 is 0 Å². The molecule has 0 nitrogen and oxygen atoms in total. The van der Waals surface area contributed by atoms with Gasteiger partial charge in [-0.3, -0.25) is 0 Å². The summed E-state index contributed by atoms with van der Waals surface area (Å²) in [5.41, 5.74) is 0. The third-order valence-electron chi connectivity index (χ3n) is 0. The molecule has 0 fully saturated rings. The van der Waals surface area contributed by atoms with E-state index in [-0.39, 0.29) is 24.4 Å². The van der Waals surface area contributed by atoms with Gasteiger partial charge in [-0.05, 0) is 0 Å². The Hall–Kier alpha value is 0.173. The summed E-state index contributed by atoms with van der Waals surface area (Å²) in [6.07, 6.45) is 0. The van der Waals surface area contributed by atoms with Crippen LogP contribution in [0.4, 0.5) is 51.8 Å². The smallest absolute Gasteiger partial charge is 0.418 e. The van der Waals surface area contributed by atoms with Crippen LogP contribution in [-0.4, -0.2) is 46.2 Å². The minimum Gasteiger partial charge on any atom is -0.418 e. The zero-order valence-electron chi connectivity index (χ0n) is 6.71. The van der Waals surface area contributed by atoms with Gasteiger partial charge in [0.1, 0.15) is 0 Å². The molecule has 98 valence electrons. The summed E-state index contributed by atoms with van der Waals surface area (Å²) in [7, 11) is -18.0. The average Bonchev–Trinajstić information content (AvgIpc) is 1.41. The van der Waals surface area contributed by atoms with E-state index in [2.05, 4.69) is 0 Å². The van der Waals surface area contributed by atoms with E-state index in [9.17, 15) is 51.8 Å². The maximum Gasteiger partial charge on any atom is 3.00 e. The molecule has 0 aliphatic rings. The van der Waals surface area contributed by atoms with Gasteiger partial charge in [0.15, 0.2) is 0 Å². The van der Waals surface area contributed by atoms with Crippen molar-refractivity contribution in [2.75, 3.05) is 0 Å². The van der Waals surface area contributed by atoms with Gasteiger partial charge in [-0.1, -0.05) is 0 Å². The second-order valence-corrected chi connectivity index (χ2v) is 1.48. The Bertz CT molecular complexity index is 91.3. The molecule has 0 heterocycles. The SMILES string of the molecule is F[B-](F)(F)F.F[B-](F)(F)F.F[B-](F)(F)F.[Sb+3]. The summed E-state index contributed by atoms with van der Waals surface area (Å²) in [5, 5.41) is 0. The fraction of sp³-hybridized carbons (Fsp3) is 0. The number of halogens is 12. The van der Waals surface area contributed by atoms with Crippen LogP contribution in [0.15, 0.2) is 0 Å².